The van der Waals surface area contributed by atoms with E-state index < -0.39 is 11.4 Å². The highest BCUT2D eigenvalue weighted by molar-refractivity contribution is 7.15. The molecular formula is C13H14N2O2S. The molecule has 1 aromatic carbocycles. The minimum absolute atomic E-state index is 0.520. The lowest BCUT2D eigenvalue weighted by atomic mass is 9.95. The number of hydrogen-bond donors (Lipinski definition) is 1. The molecule has 0 aliphatic carbocycles. The van der Waals surface area contributed by atoms with Crippen molar-refractivity contribution in [3.63, 3.8) is 0 Å². The fourth-order valence-corrected chi connectivity index (χ4v) is 2.40. The van der Waals surface area contributed by atoms with Crippen molar-refractivity contribution in [3.05, 3.63) is 34.8 Å². The number of aryl methyl sites for hydroxylation is 1. The molecule has 4 nitrogen and oxygen atoms in total. The molecule has 18 heavy (non-hydrogen) atoms. The maximum absolute atomic E-state index is 11.2. The number of carboxylic acid groups (broad SMARTS) is 1. The Bertz CT molecular complexity index is 590. The second kappa shape index (κ2) is 4.49. The summed E-state index contributed by atoms with van der Waals surface area (Å²) >= 11 is 1.33. The van der Waals surface area contributed by atoms with Crippen molar-refractivity contribution in [2.24, 2.45) is 0 Å². The lowest BCUT2D eigenvalue weighted by molar-refractivity contribution is -0.142. The van der Waals surface area contributed by atoms with Crippen molar-refractivity contribution in [3.8, 4) is 10.6 Å². The van der Waals surface area contributed by atoms with E-state index in [-0.39, 0.29) is 0 Å². The molecule has 0 bridgehead atoms. The van der Waals surface area contributed by atoms with Gasteiger partial charge < -0.3 is 5.11 Å². The minimum atomic E-state index is -1.00. The molecular weight excluding hydrogens is 248 g/mol. The molecule has 2 rings (SSSR count). The third kappa shape index (κ3) is 2.26. The summed E-state index contributed by atoms with van der Waals surface area (Å²) in [6.07, 6.45) is 0. The lowest BCUT2D eigenvalue weighted by Crippen LogP contribution is -2.28. The Morgan fingerprint density at radius 1 is 1.33 bits per heavy atom. The SMILES string of the molecule is Cc1cccc(-c2nnc(C(C)(C)C(=O)O)s2)c1. The Kier molecular flexibility index (Phi) is 3.17. The van der Waals surface area contributed by atoms with Gasteiger partial charge in [0, 0.05) is 5.56 Å². The van der Waals surface area contributed by atoms with Crippen molar-refractivity contribution >= 4 is 17.3 Å². The van der Waals surface area contributed by atoms with Crippen LogP contribution in [0.1, 0.15) is 24.4 Å². The summed E-state index contributed by atoms with van der Waals surface area (Å²) in [5.74, 6) is -0.894. The lowest BCUT2D eigenvalue weighted by Gasteiger charge is -2.13. The summed E-state index contributed by atoms with van der Waals surface area (Å²) in [5, 5.41) is 18.5. The number of rotatable bonds is 3. The maximum Gasteiger partial charge on any atom is 0.316 e. The van der Waals surface area contributed by atoms with E-state index in [4.69, 9.17) is 5.11 Å². The van der Waals surface area contributed by atoms with Crippen LogP contribution in [0.3, 0.4) is 0 Å². The van der Waals surface area contributed by atoms with E-state index in [1.165, 1.54) is 11.3 Å². The van der Waals surface area contributed by atoms with Gasteiger partial charge in [-0.2, -0.15) is 0 Å². The van der Waals surface area contributed by atoms with Crippen LogP contribution in [0.15, 0.2) is 24.3 Å². The second-order valence-corrected chi connectivity index (χ2v) is 5.69. The number of carboxylic acids is 1. The Morgan fingerprint density at radius 3 is 2.67 bits per heavy atom. The average Bonchev–Trinajstić information content (AvgIpc) is 2.78. The van der Waals surface area contributed by atoms with E-state index >= 15 is 0 Å². The number of aromatic nitrogens is 2. The van der Waals surface area contributed by atoms with E-state index in [1.54, 1.807) is 13.8 Å². The molecule has 1 heterocycles. The Balaban J connectivity index is 2.40. The number of benzene rings is 1. The fourth-order valence-electron chi connectivity index (χ4n) is 1.46. The highest BCUT2D eigenvalue weighted by atomic mass is 32.1. The normalized spacial score (nSPS) is 11.5. The first-order valence-electron chi connectivity index (χ1n) is 5.55. The summed E-state index contributed by atoms with van der Waals surface area (Å²) < 4.78 is 0. The van der Waals surface area contributed by atoms with Crippen molar-refractivity contribution in [2.75, 3.05) is 0 Å². The van der Waals surface area contributed by atoms with Gasteiger partial charge in [-0.25, -0.2) is 0 Å². The van der Waals surface area contributed by atoms with Crippen molar-refractivity contribution in [2.45, 2.75) is 26.2 Å². The molecule has 0 aliphatic heterocycles. The van der Waals surface area contributed by atoms with Gasteiger partial charge in [0.2, 0.25) is 0 Å². The van der Waals surface area contributed by atoms with E-state index in [1.807, 2.05) is 31.2 Å². The van der Waals surface area contributed by atoms with E-state index in [9.17, 15) is 4.79 Å². The quantitative estimate of drug-likeness (QED) is 0.923. The van der Waals surface area contributed by atoms with Crippen molar-refractivity contribution in [1.29, 1.82) is 0 Å². The van der Waals surface area contributed by atoms with Gasteiger partial charge in [-0.15, -0.1) is 10.2 Å². The van der Waals surface area contributed by atoms with Crippen LogP contribution in [0.2, 0.25) is 0 Å². The molecule has 2 aromatic rings. The molecule has 1 N–H and O–H groups in total. The van der Waals surface area contributed by atoms with Crippen LogP contribution in [0.4, 0.5) is 0 Å². The molecule has 0 amide bonds. The molecule has 0 fully saturated rings. The minimum Gasteiger partial charge on any atom is -0.481 e. The summed E-state index contributed by atoms with van der Waals surface area (Å²) in [6, 6.07) is 7.92. The molecule has 0 aliphatic rings. The first-order chi connectivity index (χ1) is 8.41. The van der Waals surface area contributed by atoms with Gasteiger partial charge in [-0.05, 0) is 26.8 Å². The highest BCUT2D eigenvalue weighted by Gasteiger charge is 2.33. The van der Waals surface area contributed by atoms with Crippen LogP contribution in [0.25, 0.3) is 10.6 Å². The number of hydrogen-bond acceptors (Lipinski definition) is 4. The van der Waals surface area contributed by atoms with Crippen LogP contribution in [0.5, 0.6) is 0 Å². The largest absolute Gasteiger partial charge is 0.481 e. The van der Waals surface area contributed by atoms with E-state index in [0.29, 0.717) is 5.01 Å². The third-order valence-electron chi connectivity index (χ3n) is 2.76. The van der Waals surface area contributed by atoms with Gasteiger partial charge in [0.05, 0.1) is 0 Å². The van der Waals surface area contributed by atoms with Gasteiger partial charge >= 0.3 is 5.97 Å². The highest BCUT2D eigenvalue weighted by Crippen LogP contribution is 2.31. The van der Waals surface area contributed by atoms with Crippen molar-refractivity contribution < 1.29 is 9.90 Å². The standard InChI is InChI=1S/C13H14N2O2S/c1-8-5-4-6-9(7-8)10-14-15-11(18-10)13(2,3)12(16)17/h4-7H,1-3H3,(H,16,17). The molecule has 0 spiro atoms. The monoisotopic (exact) mass is 262 g/mol. The van der Waals surface area contributed by atoms with Gasteiger partial charge in [0.1, 0.15) is 15.4 Å². The van der Waals surface area contributed by atoms with Gasteiger partial charge in [0.25, 0.3) is 0 Å². The van der Waals surface area contributed by atoms with Gasteiger partial charge in [0.15, 0.2) is 0 Å². The average molecular weight is 262 g/mol. The summed E-state index contributed by atoms with van der Waals surface area (Å²) in [6.45, 7) is 5.28. The zero-order valence-electron chi connectivity index (χ0n) is 10.5. The van der Waals surface area contributed by atoms with Crippen LogP contribution in [-0.2, 0) is 10.2 Å². The Morgan fingerprint density at radius 2 is 2.06 bits per heavy atom. The Hall–Kier alpha value is -1.75. The van der Waals surface area contributed by atoms with Crippen LogP contribution >= 0.6 is 11.3 Å². The van der Waals surface area contributed by atoms with Gasteiger partial charge in [-0.3, -0.25) is 4.79 Å². The number of carbonyl (C=O) groups is 1. The third-order valence-corrected chi connectivity index (χ3v) is 4.06. The summed E-state index contributed by atoms with van der Waals surface area (Å²) in [7, 11) is 0. The van der Waals surface area contributed by atoms with E-state index in [0.717, 1.165) is 16.1 Å². The van der Waals surface area contributed by atoms with Crippen LogP contribution in [0, 0.1) is 6.92 Å². The molecule has 0 atom stereocenters. The fraction of sp³-hybridized carbons (Fsp3) is 0.308. The Labute approximate surface area is 109 Å². The molecule has 5 heteroatoms. The molecule has 0 saturated heterocycles. The first kappa shape index (κ1) is 12.7. The zero-order chi connectivity index (χ0) is 13.3. The predicted molar refractivity (Wildman–Crippen MR) is 70.7 cm³/mol. The molecule has 1 aromatic heterocycles. The second-order valence-electron chi connectivity index (χ2n) is 4.71. The zero-order valence-corrected chi connectivity index (χ0v) is 11.3. The van der Waals surface area contributed by atoms with E-state index in [2.05, 4.69) is 10.2 Å². The predicted octanol–water partition coefficient (Wildman–Crippen LogP) is 2.88. The number of nitrogens with zero attached hydrogens (tertiary/aromatic N) is 2. The molecule has 94 valence electrons. The van der Waals surface area contributed by atoms with Gasteiger partial charge in [-0.1, -0.05) is 35.1 Å². The topological polar surface area (TPSA) is 63.1 Å². The van der Waals surface area contributed by atoms with Crippen LogP contribution in [-0.4, -0.2) is 21.3 Å². The maximum atomic E-state index is 11.2. The smallest absolute Gasteiger partial charge is 0.316 e. The summed E-state index contributed by atoms with van der Waals surface area (Å²) in [4.78, 5) is 11.2. The number of aliphatic carboxylic acids is 1. The molecule has 0 saturated carbocycles. The van der Waals surface area contributed by atoms with Crippen molar-refractivity contribution in [1.82, 2.24) is 10.2 Å². The van der Waals surface area contributed by atoms with Crippen LogP contribution < -0.4 is 0 Å². The molecule has 0 unspecified atom stereocenters. The summed E-state index contributed by atoms with van der Waals surface area (Å²) in [5.41, 5.74) is 1.11. The molecule has 0 radical (unpaired) electrons. The first-order valence-corrected chi connectivity index (χ1v) is 6.37.